The highest BCUT2D eigenvalue weighted by atomic mass is 16.5. The van der Waals surface area contributed by atoms with Crippen LogP contribution in [0.15, 0.2) is 18.2 Å². The summed E-state index contributed by atoms with van der Waals surface area (Å²) in [4.78, 5) is 76.8. The predicted molar refractivity (Wildman–Crippen MR) is 343 cm³/mol. The maximum Gasteiger partial charge on any atom is 0.339 e. The third kappa shape index (κ3) is 35.0. The molecule has 0 saturated carbocycles. The average molecular weight is 1180 g/mol. The molecule has 0 aliphatic rings. The van der Waals surface area contributed by atoms with Gasteiger partial charge < -0.3 is 29.5 Å². The number of carboxylic acids is 3. The molecule has 12 nitrogen and oxygen atoms in total. The summed E-state index contributed by atoms with van der Waals surface area (Å²) in [6.07, 6.45) is 31.5. The Morgan fingerprint density at radius 3 is 0.905 bits per heavy atom. The zero-order valence-electron chi connectivity index (χ0n) is 55.2. The minimum Gasteiger partial charge on any atom is -0.478 e. The fourth-order valence-electron chi connectivity index (χ4n) is 10.8. The summed E-state index contributed by atoms with van der Waals surface area (Å²) in [5, 5.41) is 31.3. The molecule has 2 rings (SSSR count). The molecule has 0 heterocycles. The molecule has 2 aromatic rings. The van der Waals surface area contributed by atoms with Crippen molar-refractivity contribution in [2.24, 2.45) is 35.5 Å². The molecule has 12 heteroatoms. The van der Waals surface area contributed by atoms with E-state index >= 15 is 0 Å². The van der Waals surface area contributed by atoms with Crippen LogP contribution in [0, 0.1) is 35.5 Å². The molecular formula is C72H120O12. The first-order valence-corrected chi connectivity index (χ1v) is 33.6. The highest BCUT2D eigenvalue weighted by molar-refractivity contribution is 6.08. The molecule has 0 unspecified atom stereocenters. The molecule has 0 aliphatic carbocycles. The highest BCUT2D eigenvalue weighted by Gasteiger charge is 2.32. The van der Waals surface area contributed by atoms with Crippen LogP contribution in [-0.2, 0) is 33.5 Å². The molecule has 0 atom stereocenters. The second-order valence-electron chi connectivity index (χ2n) is 26.5. The van der Waals surface area contributed by atoms with E-state index < -0.39 is 35.8 Å². The van der Waals surface area contributed by atoms with Gasteiger partial charge >= 0.3 is 35.8 Å². The fourth-order valence-corrected chi connectivity index (χ4v) is 10.8. The zero-order valence-corrected chi connectivity index (χ0v) is 55.2. The predicted octanol–water partition coefficient (Wildman–Crippen LogP) is 20.2. The largest absolute Gasteiger partial charge is 0.478 e. The van der Waals surface area contributed by atoms with Crippen molar-refractivity contribution in [3.63, 3.8) is 0 Å². The number of esters is 3. The Morgan fingerprint density at radius 1 is 0.310 bits per heavy atom. The monoisotopic (exact) mass is 1180 g/mol. The molecular weight excluding hydrogens is 1060 g/mol. The lowest BCUT2D eigenvalue weighted by molar-refractivity contribution is 0.0447. The molecule has 0 fully saturated rings. The van der Waals surface area contributed by atoms with E-state index in [1.807, 2.05) is 0 Å². The minimum atomic E-state index is -1.34. The summed E-state index contributed by atoms with van der Waals surface area (Å²) in [6.45, 7) is 27.4. The number of benzene rings is 2. The number of aromatic carboxylic acids is 3. The number of carbonyl (C=O) groups excluding carboxylic acids is 3. The van der Waals surface area contributed by atoms with E-state index in [2.05, 4.69) is 83.1 Å². The number of unbranched alkanes of at least 4 members (excludes halogenated alkanes) is 18. The number of carboxylic acid groups (broad SMARTS) is 3. The number of carbonyl (C=O) groups is 6. The number of hydrogen-bond donors (Lipinski definition) is 3. The highest BCUT2D eigenvalue weighted by Crippen LogP contribution is 2.34. The van der Waals surface area contributed by atoms with Crippen LogP contribution >= 0.6 is 0 Å². The molecule has 480 valence electrons. The van der Waals surface area contributed by atoms with Gasteiger partial charge in [-0.05, 0) is 128 Å². The molecule has 0 aliphatic heterocycles. The number of hydrogen-bond acceptors (Lipinski definition) is 9. The van der Waals surface area contributed by atoms with Crippen LogP contribution in [0.5, 0.6) is 0 Å². The van der Waals surface area contributed by atoms with E-state index in [4.69, 9.17) is 14.2 Å². The van der Waals surface area contributed by atoms with Crippen LogP contribution in [0.1, 0.15) is 355 Å². The standard InChI is InChI=1S/C39H66O6.C33H54O6/c1-28(2)22-16-10-7-13-19-25-31-32(26-20-14-8-11-17-23-29(3)4)35(38(42)43)36(39(44)45)33(34(31)37(40)41)27-21-15-9-12-18-24-30(5)6;1-25(2)16-10-7-13-21-37-31(34)28-19-20-29(32(35)38-22-14-8-11-17-26(3)4)30(24-28)33(36)39-23-15-9-12-18-27(5)6/h28-30H,7-27H2,1-6H3,(H,40,41)(H,42,43)(H,44,45);19-20,24-27H,7-18,21-23H2,1-6H3. The van der Waals surface area contributed by atoms with Crippen LogP contribution in [0.2, 0.25) is 0 Å². The van der Waals surface area contributed by atoms with Crippen molar-refractivity contribution in [3.8, 4) is 0 Å². The van der Waals surface area contributed by atoms with Gasteiger partial charge in [0.15, 0.2) is 0 Å². The Kier molecular flexibility index (Phi) is 42.8. The second kappa shape index (κ2) is 46.5. The van der Waals surface area contributed by atoms with Crippen LogP contribution in [0.4, 0.5) is 0 Å². The Labute approximate surface area is 510 Å². The van der Waals surface area contributed by atoms with Gasteiger partial charge in [0.25, 0.3) is 0 Å². The Balaban J connectivity index is 0.000000849. The average Bonchev–Trinajstić information content (AvgIpc) is 0.989. The van der Waals surface area contributed by atoms with Crippen molar-refractivity contribution in [2.45, 2.75) is 295 Å². The smallest absolute Gasteiger partial charge is 0.339 e. The fraction of sp³-hybridized carbons (Fsp3) is 0.750. The van der Waals surface area contributed by atoms with Gasteiger partial charge in [0.1, 0.15) is 0 Å². The van der Waals surface area contributed by atoms with Gasteiger partial charge in [0, 0.05) is 0 Å². The summed E-state index contributed by atoms with van der Waals surface area (Å²) in [5.74, 6) is -1.44. The summed E-state index contributed by atoms with van der Waals surface area (Å²) in [5.41, 5.74) is 1.19. The molecule has 84 heavy (non-hydrogen) atoms. The van der Waals surface area contributed by atoms with Crippen molar-refractivity contribution in [3.05, 3.63) is 68.3 Å². The number of ether oxygens (including phenoxy) is 3. The van der Waals surface area contributed by atoms with Gasteiger partial charge in [0.05, 0.1) is 53.2 Å². The van der Waals surface area contributed by atoms with E-state index in [0.717, 1.165) is 154 Å². The molecule has 0 saturated heterocycles. The molecule has 0 bridgehead atoms. The SMILES string of the molecule is CC(C)CCCCCCCc1c(CCCCCCCC(C)C)c(C(=O)O)c(C(=O)O)c(CCCCCCCC(C)C)c1C(=O)O.CC(C)CCCCCOC(=O)c1ccc(C(=O)OCCCCCC(C)C)c(C(=O)OCCCCCC(C)C)c1. The molecule has 0 amide bonds. The summed E-state index contributed by atoms with van der Waals surface area (Å²) < 4.78 is 16.4. The van der Waals surface area contributed by atoms with Crippen molar-refractivity contribution in [1.29, 1.82) is 0 Å². The Hall–Kier alpha value is -4.74. The lowest BCUT2D eigenvalue weighted by Crippen LogP contribution is -2.22. The number of rotatable bonds is 48. The van der Waals surface area contributed by atoms with Gasteiger partial charge in [-0.15, -0.1) is 0 Å². The molecule has 3 N–H and O–H groups in total. The van der Waals surface area contributed by atoms with Crippen molar-refractivity contribution in [2.75, 3.05) is 19.8 Å². The van der Waals surface area contributed by atoms with Crippen LogP contribution < -0.4 is 0 Å². The first kappa shape index (κ1) is 77.3. The van der Waals surface area contributed by atoms with E-state index in [0.29, 0.717) is 79.1 Å². The third-order valence-electron chi connectivity index (χ3n) is 15.8. The molecule has 2 aromatic carbocycles. The van der Waals surface area contributed by atoms with Gasteiger partial charge in [-0.25, -0.2) is 28.8 Å². The molecule has 0 radical (unpaired) electrons. The molecule has 0 aromatic heterocycles. The first-order valence-electron chi connectivity index (χ1n) is 33.6. The Bertz CT molecular complexity index is 2170. The van der Waals surface area contributed by atoms with E-state index in [-0.39, 0.29) is 52.0 Å². The minimum absolute atomic E-state index is 0.0494. The summed E-state index contributed by atoms with van der Waals surface area (Å²) >= 11 is 0. The normalized spacial score (nSPS) is 11.5. The quantitative estimate of drug-likeness (QED) is 0.0323. The lowest BCUT2D eigenvalue weighted by Gasteiger charge is -2.22. The Morgan fingerprint density at radius 2 is 0.571 bits per heavy atom. The summed E-state index contributed by atoms with van der Waals surface area (Å²) in [6, 6.07) is 4.39. The van der Waals surface area contributed by atoms with Gasteiger partial charge in [0.2, 0.25) is 0 Å². The second-order valence-corrected chi connectivity index (χ2v) is 26.5. The van der Waals surface area contributed by atoms with Gasteiger partial charge in [-0.2, -0.15) is 0 Å². The lowest BCUT2D eigenvalue weighted by atomic mass is 9.80. The van der Waals surface area contributed by atoms with E-state index in [9.17, 15) is 44.1 Å². The zero-order chi connectivity index (χ0) is 62.8. The molecule has 0 spiro atoms. The summed E-state index contributed by atoms with van der Waals surface area (Å²) in [7, 11) is 0. The van der Waals surface area contributed by atoms with E-state index in [1.54, 1.807) is 0 Å². The van der Waals surface area contributed by atoms with E-state index in [1.165, 1.54) is 50.3 Å². The van der Waals surface area contributed by atoms with Crippen molar-refractivity contribution in [1.82, 2.24) is 0 Å². The van der Waals surface area contributed by atoms with Crippen LogP contribution in [-0.4, -0.2) is 71.0 Å². The van der Waals surface area contributed by atoms with Crippen LogP contribution in [0.3, 0.4) is 0 Å². The van der Waals surface area contributed by atoms with Crippen molar-refractivity contribution < 1.29 is 58.3 Å². The third-order valence-corrected chi connectivity index (χ3v) is 15.8. The van der Waals surface area contributed by atoms with Gasteiger partial charge in [-0.3, -0.25) is 0 Å². The maximum absolute atomic E-state index is 13.0. The van der Waals surface area contributed by atoms with Crippen LogP contribution in [0.25, 0.3) is 0 Å². The van der Waals surface area contributed by atoms with Crippen molar-refractivity contribution >= 4 is 35.8 Å². The first-order chi connectivity index (χ1) is 40.0. The maximum atomic E-state index is 13.0. The topological polar surface area (TPSA) is 191 Å². The van der Waals surface area contributed by atoms with Gasteiger partial charge in [-0.1, -0.05) is 237 Å².